The number of ketones is 1. The van der Waals surface area contributed by atoms with E-state index in [4.69, 9.17) is 29.6 Å². The van der Waals surface area contributed by atoms with Crippen molar-refractivity contribution < 1.29 is 4.79 Å². The third kappa shape index (κ3) is 3.86. The van der Waals surface area contributed by atoms with Gasteiger partial charge in [-0.05, 0) is 11.6 Å². The number of terminal acetylenes is 1. The van der Waals surface area contributed by atoms with E-state index < -0.39 is 0 Å². The van der Waals surface area contributed by atoms with Crippen molar-refractivity contribution in [1.82, 2.24) is 5.32 Å². The second-order valence-corrected chi connectivity index (χ2v) is 4.02. The van der Waals surface area contributed by atoms with Crippen LogP contribution in [0, 0.1) is 12.3 Å². The molecule has 0 saturated heterocycles. The van der Waals surface area contributed by atoms with Crippen molar-refractivity contribution in [1.29, 1.82) is 0 Å². The smallest absolute Gasteiger partial charge is 0.151 e. The van der Waals surface area contributed by atoms with Crippen LogP contribution in [0.2, 0.25) is 10.0 Å². The molecule has 0 bridgehead atoms. The summed E-state index contributed by atoms with van der Waals surface area (Å²) in [7, 11) is 0. The van der Waals surface area contributed by atoms with Gasteiger partial charge in [0.05, 0.1) is 23.1 Å². The lowest BCUT2D eigenvalue weighted by Gasteiger charge is -2.05. The first-order chi connectivity index (χ1) is 7.65. The molecule has 1 aromatic rings. The molecule has 84 valence electrons. The van der Waals surface area contributed by atoms with Crippen molar-refractivity contribution >= 4 is 29.0 Å². The predicted molar refractivity (Wildman–Crippen MR) is 66.9 cm³/mol. The van der Waals surface area contributed by atoms with Gasteiger partial charge in [-0.25, -0.2) is 0 Å². The third-order valence-corrected chi connectivity index (χ3v) is 2.83. The number of nitrogens with one attached hydrogen (secondary N) is 1. The molecule has 0 unspecified atom stereocenters. The molecule has 2 nitrogen and oxygen atoms in total. The third-order valence-electron chi connectivity index (χ3n) is 1.97. The Hall–Kier alpha value is -1.01. The maximum absolute atomic E-state index is 11.5. The number of Topliss-reactive ketones (excluding diaryl/α,β-unsaturated/α-hetero) is 1. The largest absolute Gasteiger partial charge is 0.299 e. The van der Waals surface area contributed by atoms with Gasteiger partial charge in [-0.15, -0.1) is 6.42 Å². The summed E-state index contributed by atoms with van der Waals surface area (Å²) in [5.74, 6) is 2.42. The Morgan fingerprint density at radius 3 is 2.88 bits per heavy atom. The predicted octanol–water partition coefficient (Wildman–Crippen LogP) is 2.33. The highest BCUT2D eigenvalue weighted by Crippen LogP contribution is 2.25. The molecule has 1 aromatic carbocycles. The molecule has 0 amide bonds. The monoisotopic (exact) mass is 255 g/mol. The molecular formula is C12H11Cl2NO. The van der Waals surface area contributed by atoms with Crippen molar-refractivity contribution in [2.45, 2.75) is 6.42 Å². The van der Waals surface area contributed by atoms with Gasteiger partial charge in [-0.1, -0.05) is 41.3 Å². The van der Waals surface area contributed by atoms with Crippen LogP contribution in [0.3, 0.4) is 0 Å². The van der Waals surface area contributed by atoms with Gasteiger partial charge in [-0.3, -0.25) is 10.1 Å². The first-order valence-corrected chi connectivity index (χ1v) is 5.49. The summed E-state index contributed by atoms with van der Waals surface area (Å²) < 4.78 is 0. The van der Waals surface area contributed by atoms with Gasteiger partial charge in [0.2, 0.25) is 0 Å². The first-order valence-electron chi connectivity index (χ1n) is 4.74. The van der Waals surface area contributed by atoms with Crippen LogP contribution in [0.1, 0.15) is 5.56 Å². The Labute approximate surface area is 105 Å². The lowest BCUT2D eigenvalue weighted by atomic mass is 10.1. The van der Waals surface area contributed by atoms with Crippen LogP contribution >= 0.6 is 23.2 Å². The van der Waals surface area contributed by atoms with E-state index in [0.29, 0.717) is 16.6 Å². The lowest BCUT2D eigenvalue weighted by Crippen LogP contribution is -2.24. The highest BCUT2D eigenvalue weighted by atomic mass is 35.5. The Bertz CT molecular complexity index is 424. The summed E-state index contributed by atoms with van der Waals surface area (Å²) in [5.41, 5.74) is 0.738. The summed E-state index contributed by atoms with van der Waals surface area (Å²) in [4.78, 5) is 11.5. The number of hydrogen-bond donors (Lipinski definition) is 1. The van der Waals surface area contributed by atoms with Crippen LogP contribution < -0.4 is 5.32 Å². The maximum Gasteiger partial charge on any atom is 0.151 e. The van der Waals surface area contributed by atoms with Crippen molar-refractivity contribution in [3.63, 3.8) is 0 Å². The summed E-state index contributed by atoms with van der Waals surface area (Å²) in [5, 5.41) is 3.73. The van der Waals surface area contributed by atoms with Gasteiger partial charge < -0.3 is 0 Å². The fraction of sp³-hybridized carbons (Fsp3) is 0.250. The molecule has 1 N–H and O–H groups in total. The molecule has 16 heavy (non-hydrogen) atoms. The van der Waals surface area contributed by atoms with Crippen molar-refractivity contribution in [3.8, 4) is 12.3 Å². The zero-order chi connectivity index (χ0) is 12.0. The second-order valence-electron chi connectivity index (χ2n) is 3.24. The number of carbonyl (C=O) groups is 1. The molecule has 0 saturated carbocycles. The second kappa shape index (κ2) is 6.55. The first kappa shape index (κ1) is 13.1. The van der Waals surface area contributed by atoms with E-state index in [-0.39, 0.29) is 18.7 Å². The molecule has 0 aliphatic carbocycles. The number of carbonyl (C=O) groups excluding carboxylic acids is 1. The fourth-order valence-electron chi connectivity index (χ4n) is 1.23. The fourth-order valence-corrected chi connectivity index (χ4v) is 1.62. The topological polar surface area (TPSA) is 29.1 Å². The zero-order valence-electron chi connectivity index (χ0n) is 8.59. The number of hydrogen-bond acceptors (Lipinski definition) is 2. The minimum atomic E-state index is 0.0272. The normalized spacial score (nSPS) is 9.81. The van der Waals surface area contributed by atoms with Crippen molar-refractivity contribution in [2.24, 2.45) is 0 Å². The minimum absolute atomic E-state index is 0.0272. The standard InChI is InChI=1S/C12H11Cl2NO/c1-2-6-15-8-10(16)7-9-4-3-5-11(13)12(9)14/h1,3-5,15H,6-8H2. The molecule has 0 aliphatic heterocycles. The molecule has 0 heterocycles. The van der Waals surface area contributed by atoms with Gasteiger partial charge in [0.25, 0.3) is 0 Å². The molecule has 0 aliphatic rings. The molecule has 0 spiro atoms. The van der Waals surface area contributed by atoms with Crippen LogP contribution in [0.15, 0.2) is 18.2 Å². The molecule has 0 radical (unpaired) electrons. The van der Waals surface area contributed by atoms with Gasteiger partial charge >= 0.3 is 0 Å². The molecule has 0 fully saturated rings. The van der Waals surface area contributed by atoms with Gasteiger partial charge in [-0.2, -0.15) is 0 Å². The van der Waals surface area contributed by atoms with Crippen molar-refractivity contribution in [3.05, 3.63) is 33.8 Å². The number of benzene rings is 1. The average molecular weight is 256 g/mol. The lowest BCUT2D eigenvalue weighted by molar-refractivity contribution is -0.117. The highest BCUT2D eigenvalue weighted by Gasteiger charge is 2.08. The summed E-state index contributed by atoms with van der Waals surface area (Å²) in [6, 6.07) is 5.24. The van der Waals surface area contributed by atoms with Gasteiger partial charge in [0.15, 0.2) is 5.78 Å². The molecular weight excluding hydrogens is 245 g/mol. The van der Waals surface area contributed by atoms with Gasteiger partial charge in [0.1, 0.15) is 0 Å². The van der Waals surface area contributed by atoms with E-state index in [2.05, 4.69) is 11.2 Å². The summed E-state index contributed by atoms with van der Waals surface area (Å²) in [6.07, 6.45) is 5.31. The van der Waals surface area contributed by atoms with Crippen LogP contribution in [0.25, 0.3) is 0 Å². The van der Waals surface area contributed by atoms with Crippen LogP contribution in [-0.4, -0.2) is 18.9 Å². The van der Waals surface area contributed by atoms with E-state index in [9.17, 15) is 4.79 Å². The van der Waals surface area contributed by atoms with E-state index in [0.717, 1.165) is 5.56 Å². The van der Waals surface area contributed by atoms with E-state index >= 15 is 0 Å². The molecule has 0 aromatic heterocycles. The van der Waals surface area contributed by atoms with Crippen LogP contribution in [0.4, 0.5) is 0 Å². The Morgan fingerprint density at radius 1 is 1.44 bits per heavy atom. The number of rotatable bonds is 5. The van der Waals surface area contributed by atoms with Crippen LogP contribution in [-0.2, 0) is 11.2 Å². The minimum Gasteiger partial charge on any atom is -0.299 e. The Balaban J connectivity index is 2.57. The van der Waals surface area contributed by atoms with Crippen LogP contribution in [0.5, 0.6) is 0 Å². The molecule has 1 rings (SSSR count). The average Bonchev–Trinajstić information content (AvgIpc) is 2.25. The Morgan fingerprint density at radius 2 is 2.19 bits per heavy atom. The Kier molecular flexibility index (Phi) is 5.34. The number of halogens is 2. The molecule has 0 atom stereocenters. The van der Waals surface area contributed by atoms with Crippen molar-refractivity contribution in [2.75, 3.05) is 13.1 Å². The SMILES string of the molecule is C#CCNCC(=O)Cc1cccc(Cl)c1Cl. The highest BCUT2D eigenvalue weighted by molar-refractivity contribution is 6.42. The van der Waals surface area contributed by atoms with E-state index in [1.165, 1.54) is 0 Å². The zero-order valence-corrected chi connectivity index (χ0v) is 10.1. The quantitative estimate of drug-likeness (QED) is 0.647. The van der Waals surface area contributed by atoms with E-state index in [1.54, 1.807) is 18.2 Å². The maximum atomic E-state index is 11.5. The van der Waals surface area contributed by atoms with E-state index in [1.807, 2.05) is 0 Å². The van der Waals surface area contributed by atoms with Gasteiger partial charge in [0, 0.05) is 6.42 Å². The summed E-state index contributed by atoms with van der Waals surface area (Å²) in [6.45, 7) is 0.627. The molecule has 4 heteroatoms. The summed E-state index contributed by atoms with van der Waals surface area (Å²) >= 11 is 11.8.